The number of anilines is 1. The van der Waals surface area contributed by atoms with Crippen LogP contribution in [0.5, 0.6) is 0 Å². The Labute approximate surface area is 108 Å². The number of hydrogen-bond acceptors (Lipinski definition) is 4. The van der Waals surface area contributed by atoms with Crippen molar-refractivity contribution in [1.82, 2.24) is 9.88 Å². The molecular formula is C14H18N4. The van der Waals surface area contributed by atoms with E-state index in [0.29, 0.717) is 11.6 Å². The minimum absolute atomic E-state index is 0.654. The number of nitriles is 1. The standard InChI is InChI=1S/C14H18N4/c15-10-12-4-3-6-16-14(12)18-9-8-17-7-2-1-5-13(17)11-18/h3-4,6,13H,1-2,5,7-9,11H2. The summed E-state index contributed by atoms with van der Waals surface area (Å²) in [4.78, 5) is 9.27. The summed E-state index contributed by atoms with van der Waals surface area (Å²) in [6.07, 6.45) is 5.74. The van der Waals surface area contributed by atoms with Crippen LogP contribution in [0.25, 0.3) is 0 Å². The Morgan fingerprint density at radius 1 is 1.28 bits per heavy atom. The van der Waals surface area contributed by atoms with Gasteiger partial charge in [0.2, 0.25) is 0 Å². The minimum Gasteiger partial charge on any atom is -0.353 e. The Bertz CT molecular complexity index is 465. The van der Waals surface area contributed by atoms with Crippen molar-refractivity contribution in [3.63, 3.8) is 0 Å². The predicted molar refractivity (Wildman–Crippen MR) is 70.4 cm³/mol. The summed E-state index contributed by atoms with van der Waals surface area (Å²) in [6, 6.07) is 6.59. The average Bonchev–Trinajstić information content (AvgIpc) is 2.46. The van der Waals surface area contributed by atoms with Gasteiger partial charge in [0.15, 0.2) is 0 Å². The largest absolute Gasteiger partial charge is 0.353 e. The second-order valence-electron chi connectivity index (χ2n) is 5.12. The number of fused-ring (bicyclic) bond motifs is 1. The van der Waals surface area contributed by atoms with Gasteiger partial charge in [0.1, 0.15) is 11.9 Å². The second-order valence-corrected chi connectivity index (χ2v) is 5.12. The Kier molecular flexibility index (Phi) is 3.16. The normalized spacial score (nSPS) is 24.4. The van der Waals surface area contributed by atoms with Crippen molar-refractivity contribution >= 4 is 5.82 Å². The summed E-state index contributed by atoms with van der Waals surface area (Å²) in [5.74, 6) is 0.866. The fourth-order valence-electron chi connectivity index (χ4n) is 3.08. The molecule has 3 rings (SSSR count). The first-order valence-corrected chi connectivity index (χ1v) is 6.72. The third-order valence-electron chi connectivity index (χ3n) is 4.04. The molecule has 1 unspecified atom stereocenters. The summed E-state index contributed by atoms with van der Waals surface area (Å²) in [5.41, 5.74) is 0.696. The zero-order chi connectivity index (χ0) is 12.4. The molecule has 0 saturated carbocycles. The number of pyridine rings is 1. The van der Waals surface area contributed by atoms with Gasteiger partial charge in [-0.3, -0.25) is 4.90 Å². The zero-order valence-electron chi connectivity index (χ0n) is 10.5. The maximum absolute atomic E-state index is 9.15. The third kappa shape index (κ3) is 2.06. The molecular weight excluding hydrogens is 224 g/mol. The lowest BCUT2D eigenvalue weighted by Crippen LogP contribution is -2.55. The van der Waals surface area contributed by atoms with E-state index in [0.717, 1.165) is 25.5 Å². The molecule has 0 radical (unpaired) electrons. The van der Waals surface area contributed by atoms with Gasteiger partial charge in [0, 0.05) is 31.9 Å². The van der Waals surface area contributed by atoms with Crippen LogP contribution in [-0.4, -0.2) is 42.1 Å². The van der Waals surface area contributed by atoms with Gasteiger partial charge in [-0.15, -0.1) is 0 Å². The number of piperazine rings is 1. The van der Waals surface area contributed by atoms with E-state index < -0.39 is 0 Å². The SMILES string of the molecule is N#Cc1cccnc1N1CCN2CCCCC2C1. The Balaban J connectivity index is 1.79. The molecule has 2 saturated heterocycles. The fraction of sp³-hybridized carbons (Fsp3) is 0.571. The molecule has 1 aromatic heterocycles. The maximum Gasteiger partial charge on any atom is 0.146 e. The smallest absolute Gasteiger partial charge is 0.146 e. The molecule has 1 atom stereocenters. The van der Waals surface area contributed by atoms with Gasteiger partial charge >= 0.3 is 0 Å². The Hall–Kier alpha value is -1.60. The van der Waals surface area contributed by atoms with Crippen molar-refractivity contribution in [3.05, 3.63) is 23.9 Å². The molecule has 0 aromatic carbocycles. The highest BCUT2D eigenvalue weighted by atomic mass is 15.3. The lowest BCUT2D eigenvalue weighted by molar-refractivity contribution is 0.133. The first-order chi connectivity index (χ1) is 8.88. The number of hydrogen-bond donors (Lipinski definition) is 0. The van der Waals surface area contributed by atoms with E-state index >= 15 is 0 Å². The number of rotatable bonds is 1. The highest BCUT2D eigenvalue weighted by Gasteiger charge is 2.30. The zero-order valence-corrected chi connectivity index (χ0v) is 10.5. The molecule has 18 heavy (non-hydrogen) atoms. The van der Waals surface area contributed by atoms with Crippen LogP contribution in [0.3, 0.4) is 0 Å². The maximum atomic E-state index is 9.15. The second kappa shape index (κ2) is 4.95. The van der Waals surface area contributed by atoms with Crippen LogP contribution in [0, 0.1) is 11.3 Å². The molecule has 4 nitrogen and oxygen atoms in total. The first kappa shape index (κ1) is 11.5. The van der Waals surface area contributed by atoms with Crippen LogP contribution in [0.4, 0.5) is 5.82 Å². The quantitative estimate of drug-likeness (QED) is 0.750. The molecule has 0 spiro atoms. The molecule has 0 aliphatic carbocycles. The topological polar surface area (TPSA) is 43.2 Å². The van der Waals surface area contributed by atoms with E-state index in [2.05, 4.69) is 20.9 Å². The molecule has 3 heterocycles. The van der Waals surface area contributed by atoms with Crippen LogP contribution < -0.4 is 4.90 Å². The van der Waals surface area contributed by atoms with E-state index in [1.165, 1.54) is 25.8 Å². The summed E-state index contributed by atoms with van der Waals surface area (Å²) in [7, 11) is 0. The fourth-order valence-corrected chi connectivity index (χ4v) is 3.08. The molecule has 2 aliphatic rings. The molecule has 4 heteroatoms. The van der Waals surface area contributed by atoms with Crippen LogP contribution in [0.1, 0.15) is 24.8 Å². The molecule has 2 aliphatic heterocycles. The lowest BCUT2D eigenvalue weighted by atomic mass is 9.99. The minimum atomic E-state index is 0.654. The van der Waals surface area contributed by atoms with Crippen molar-refractivity contribution in [2.45, 2.75) is 25.3 Å². The highest BCUT2D eigenvalue weighted by Crippen LogP contribution is 2.25. The van der Waals surface area contributed by atoms with E-state index in [1.54, 1.807) is 6.20 Å². The van der Waals surface area contributed by atoms with Crippen molar-refractivity contribution in [2.75, 3.05) is 31.1 Å². The van der Waals surface area contributed by atoms with Crippen LogP contribution >= 0.6 is 0 Å². The first-order valence-electron chi connectivity index (χ1n) is 6.72. The van der Waals surface area contributed by atoms with Gasteiger partial charge < -0.3 is 4.90 Å². The number of aromatic nitrogens is 1. The van der Waals surface area contributed by atoms with Crippen molar-refractivity contribution < 1.29 is 0 Å². The average molecular weight is 242 g/mol. The van der Waals surface area contributed by atoms with Crippen LogP contribution in [0.15, 0.2) is 18.3 Å². The van der Waals surface area contributed by atoms with Crippen LogP contribution in [0.2, 0.25) is 0 Å². The molecule has 2 fully saturated rings. The van der Waals surface area contributed by atoms with E-state index in [-0.39, 0.29) is 0 Å². The molecule has 0 bridgehead atoms. The summed E-state index contributed by atoms with van der Waals surface area (Å²) in [6.45, 7) is 4.35. The summed E-state index contributed by atoms with van der Waals surface area (Å²) in [5, 5.41) is 9.15. The van der Waals surface area contributed by atoms with Gasteiger partial charge in [-0.1, -0.05) is 6.42 Å². The van der Waals surface area contributed by atoms with Crippen LogP contribution in [-0.2, 0) is 0 Å². The van der Waals surface area contributed by atoms with Gasteiger partial charge in [-0.2, -0.15) is 5.26 Å². The summed E-state index contributed by atoms with van der Waals surface area (Å²) >= 11 is 0. The third-order valence-corrected chi connectivity index (χ3v) is 4.04. The molecule has 1 aromatic rings. The summed E-state index contributed by atoms with van der Waals surface area (Å²) < 4.78 is 0. The molecule has 0 amide bonds. The van der Waals surface area contributed by atoms with E-state index in [1.807, 2.05) is 12.1 Å². The van der Waals surface area contributed by atoms with Crippen molar-refractivity contribution in [3.8, 4) is 6.07 Å². The molecule has 94 valence electrons. The Morgan fingerprint density at radius 3 is 3.11 bits per heavy atom. The van der Waals surface area contributed by atoms with Gasteiger partial charge in [0.25, 0.3) is 0 Å². The highest BCUT2D eigenvalue weighted by molar-refractivity contribution is 5.53. The molecule has 0 N–H and O–H groups in total. The number of nitrogens with zero attached hydrogens (tertiary/aromatic N) is 4. The number of piperidine rings is 1. The monoisotopic (exact) mass is 242 g/mol. The van der Waals surface area contributed by atoms with Gasteiger partial charge in [-0.25, -0.2) is 4.98 Å². The van der Waals surface area contributed by atoms with Gasteiger partial charge in [0.05, 0.1) is 5.56 Å². The Morgan fingerprint density at radius 2 is 2.22 bits per heavy atom. The van der Waals surface area contributed by atoms with E-state index in [9.17, 15) is 0 Å². The lowest BCUT2D eigenvalue weighted by Gasteiger charge is -2.44. The van der Waals surface area contributed by atoms with Crippen molar-refractivity contribution in [1.29, 1.82) is 5.26 Å². The van der Waals surface area contributed by atoms with E-state index in [4.69, 9.17) is 5.26 Å². The predicted octanol–water partition coefficient (Wildman–Crippen LogP) is 1.63. The van der Waals surface area contributed by atoms with Gasteiger partial charge in [-0.05, 0) is 31.5 Å². The van der Waals surface area contributed by atoms with Crippen molar-refractivity contribution in [2.24, 2.45) is 0 Å².